The van der Waals surface area contributed by atoms with E-state index in [1.54, 1.807) is 9.83 Å². The Morgan fingerprint density at radius 2 is 0.641 bits per heavy atom. The van der Waals surface area contributed by atoms with Crippen molar-refractivity contribution in [2.75, 3.05) is 0 Å². The van der Waals surface area contributed by atoms with Crippen LogP contribution in [0.25, 0.3) is 0 Å². The van der Waals surface area contributed by atoms with Crippen LogP contribution in [0.15, 0.2) is 0 Å². The second-order valence-corrected chi connectivity index (χ2v) is 17.7. The SMILES string of the molecule is CCCCCCCCCCCCCCC(=O)NSSSSSNC(=O)CCCCCCCCCCCCCC. The van der Waals surface area contributed by atoms with Gasteiger partial charge in [-0.05, 0) is 12.8 Å². The molecule has 232 valence electrons. The molecule has 0 spiro atoms. The van der Waals surface area contributed by atoms with E-state index in [0.29, 0.717) is 12.8 Å². The smallest absolute Gasteiger partial charge is 0.230 e. The van der Waals surface area contributed by atoms with Crippen molar-refractivity contribution in [2.24, 2.45) is 0 Å². The highest BCUT2D eigenvalue weighted by Crippen LogP contribution is 2.46. The molecule has 0 fully saturated rings. The van der Waals surface area contributed by atoms with Gasteiger partial charge in [-0.1, -0.05) is 155 Å². The maximum absolute atomic E-state index is 11.9. The normalized spacial score (nSPS) is 11.1. The summed E-state index contributed by atoms with van der Waals surface area (Å²) in [5.41, 5.74) is 0. The molecule has 0 saturated carbocycles. The molecular formula is C30H60N2O2S5. The summed E-state index contributed by atoms with van der Waals surface area (Å²) in [6.45, 7) is 4.54. The van der Waals surface area contributed by atoms with E-state index in [0.717, 1.165) is 25.7 Å². The molecule has 0 saturated heterocycles. The lowest BCUT2D eigenvalue weighted by atomic mass is 10.0. The molecule has 0 aromatic heterocycles. The molecule has 0 aliphatic heterocycles. The van der Waals surface area contributed by atoms with Crippen LogP contribution in [0.5, 0.6) is 0 Å². The quantitative estimate of drug-likeness (QED) is 0.0431. The summed E-state index contributed by atoms with van der Waals surface area (Å²) in [6.07, 6.45) is 32.7. The molecule has 0 rings (SSSR count). The molecular weight excluding hydrogens is 581 g/mol. The molecule has 0 aliphatic carbocycles. The molecule has 0 unspecified atom stereocenters. The zero-order valence-electron chi connectivity index (χ0n) is 25.2. The average molecular weight is 641 g/mol. The summed E-state index contributed by atoms with van der Waals surface area (Å²) in [6, 6.07) is 0. The Bertz CT molecular complexity index is 486. The standard InChI is InChI=1S/C30H60N2O2S5/c1-3-5-7-9-11-13-15-17-19-21-23-25-27-29(33)31-35-37-39-38-36-32-30(34)28-26-24-22-20-18-16-14-12-10-8-6-4-2/h3-28H2,1-2H3,(H,31,33)(H,32,34). The first-order valence-electron chi connectivity index (χ1n) is 16.1. The van der Waals surface area contributed by atoms with Gasteiger partial charge in [-0.15, -0.1) is 0 Å². The summed E-state index contributed by atoms with van der Waals surface area (Å²) in [5.74, 6) is 0.238. The zero-order valence-corrected chi connectivity index (χ0v) is 29.3. The molecule has 0 aliphatic rings. The predicted octanol–water partition coefficient (Wildman–Crippen LogP) is 12.6. The van der Waals surface area contributed by atoms with Crippen LogP contribution in [0.3, 0.4) is 0 Å². The average Bonchev–Trinajstić information content (AvgIpc) is 2.93. The van der Waals surface area contributed by atoms with Gasteiger partial charge in [-0.25, -0.2) is 0 Å². The Morgan fingerprint density at radius 1 is 0.385 bits per heavy atom. The lowest BCUT2D eigenvalue weighted by Gasteiger charge is -2.05. The fraction of sp³-hybridized carbons (Fsp3) is 0.933. The molecule has 0 bridgehead atoms. The van der Waals surface area contributed by atoms with Crippen molar-refractivity contribution in [1.29, 1.82) is 0 Å². The molecule has 0 atom stereocenters. The van der Waals surface area contributed by atoms with Gasteiger partial charge >= 0.3 is 0 Å². The second-order valence-electron chi connectivity index (χ2n) is 10.7. The van der Waals surface area contributed by atoms with E-state index in [4.69, 9.17) is 0 Å². The molecule has 4 nitrogen and oxygen atoms in total. The Hall–Kier alpha value is 0.690. The molecule has 2 N–H and O–H groups in total. The summed E-state index contributed by atoms with van der Waals surface area (Å²) < 4.78 is 5.80. The number of rotatable bonds is 32. The lowest BCUT2D eigenvalue weighted by molar-refractivity contribution is -0.120. The third-order valence-electron chi connectivity index (χ3n) is 6.95. The molecule has 9 heteroatoms. The Morgan fingerprint density at radius 3 is 0.923 bits per heavy atom. The third kappa shape index (κ3) is 34.8. The number of carbonyl (C=O) groups is 2. The number of carbonyl (C=O) groups excluding carboxylic acids is 2. The van der Waals surface area contributed by atoms with E-state index in [2.05, 4.69) is 23.3 Å². The third-order valence-corrected chi connectivity index (χ3v) is 14.3. The van der Waals surface area contributed by atoms with Gasteiger partial charge < -0.3 is 0 Å². The molecule has 2 amide bonds. The maximum atomic E-state index is 11.9. The summed E-state index contributed by atoms with van der Waals surface area (Å²) in [4.78, 5) is 23.9. The van der Waals surface area contributed by atoms with Crippen molar-refractivity contribution < 1.29 is 9.59 Å². The first-order chi connectivity index (χ1) is 19.2. The van der Waals surface area contributed by atoms with Crippen LogP contribution < -0.4 is 9.44 Å². The number of hydrogen-bond donors (Lipinski definition) is 2. The van der Waals surface area contributed by atoms with Gasteiger partial charge in [0, 0.05) is 64.3 Å². The van der Waals surface area contributed by atoms with E-state index >= 15 is 0 Å². The fourth-order valence-corrected chi connectivity index (χ4v) is 11.3. The minimum Gasteiger partial charge on any atom is -0.290 e. The van der Waals surface area contributed by atoms with Crippen molar-refractivity contribution in [1.82, 2.24) is 9.44 Å². The van der Waals surface area contributed by atoms with Gasteiger partial charge in [0.25, 0.3) is 0 Å². The van der Waals surface area contributed by atoms with E-state index in [-0.39, 0.29) is 11.8 Å². The number of nitrogens with one attached hydrogen (secondary N) is 2. The molecule has 0 aromatic carbocycles. The largest absolute Gasteiger partial charge is 0.290 e. The van der Waals surface area contributed by atoms with Gasteiger partial charge in [0.1, 0.15) is 0 Å². The second kappa shape index (κ2) is 34.9. The van der Waals surface area contributed by atoms with Crippen molar-refractivity contribution in [2.45, 2.75) is 181 Å². The van der Waals surface area contributed by atoms with Gasteiger partial charge in [-0.3, -0.25) is 19.0 Å². The number of unbranched alkanes of at least 4 members (excludes halogenated alkanes) is 22. The number of hydrogen-bond acceptors (Lipinski definition) is 7. The monoisotopic (exact) mass is 640 g/mol. The van der Waals surface area contributed by atoms with E-state index in [9.17, 15) is 9.59 Å². The van der Waals surface area contributed by atoms with Crippen LogP contribution in [0.4, 0.5) is 0 Å². The van der Waals surface area contributed by atoms with Crippen LogP contribution >= 0.6 is 51.4 Å². The Kier molecular flexibility index (Phi) is 35.5. The summed E-state index contributed by atoms with van der Waals surface area (Å²) in [7, 11) is 7.34. The van der Waals surface area contributed by atoms with Crippen LogP contribution in [0, 0.1) is 0 Å². The fourth-order valence-electron chi connectivity index (χ4n) is 4.52. The highest BCUT2D eigenvalue weighted by molar-refractivity contribution is 9.35. The van der Waals surface area contributed by atoms with Crippen molar-refractivity contribution in [3.8, 4) is 0 Å². The summed E-state index contributed by atoms with van der Waals surface area (Å²) >= 11 is 0. The Balaban J connectivity index is 3.25. The van der Waals surface area contributed by atoms with Crippen molar-refractivity contribution in [3.63, 3.8) is 0 Å². The van der Waals surface area contributed by atoms with E-state index in [1.165, 1.54) is 170 Å². The minimum absolute atomic E-state index is 0.119. The highest BCUT2D eigenvalue weighted by atomic mass is 33.8. The zero-order chi connectivity index (χ0) is 28.5. The summed E-state index contributed by atoms with van der Waals surface area (Å²) in [5, 5.41) is 0. The molecule has 0 heterocycles. The van der Waals surface area contributed by atoms with Gasteiger partial charge in [0.15, 0.2) is 0 Å². The van der Waals surface area contributed by atoms with Crippen molar-refractivity contribution in [3.05, 3.63) is 0 Å². The topological polar surface area (TPSA) is 58.2 Å². The van der Waals surface area contributed by atoms with Gasteiger partial charge in [-0.2, -0.15) is 0 Å². The number of amides is 2. The van der Waals surface area contributed by atoms with Crippen LogP contribution in [0.2, 0.25) is 0 Å². The van der Waals surface area contributed by atoms with Gasteiger partial charge in [0.2, 0.25) is 11.8 Å². The minimum atomic E-state index is 0.119. The van der Waals surface area contributed by atoms with Crippen LogP contribution in [0.1, 0.15) is 181 Å². The van der Waals surface area contributed by atoms with E-state index in [1.807, 2.05) is 0 Å². The molecule has 39 heavy (non-hydrogen) atoms. The Labute approximate surface area is 261 Å². The molecule has 0 aromatic rings. The predicted molar refractivity (Wildman–Crippen MR) is 186 cm³/mol. The highest BCUT2D eigenvalue weighted by Gasteiger charge is 2.04. The maximum Gasteiger partial charge on any atom is 0.230 e. The first kappa shape index (κ1) is 39.7. The van der Waals surface area contributed by atoms with Crippen LogP contribution in [-0.2, 0) is 9.59 Å². The van der Waals surface area contributed by atoms with E-state index < -0.39 is 0 Å². The van der Waals surface area contributed by atoms with Crippen LogP contribution in [-0.4, -0.2) is 11.8 Å². The molecule has 0 radical (unpaired) electrons. The first-order valence-corrected chi connectivity index (χ1v) is 22.3. The van der Waals surface area contributed by atoms with Crippen molar-refractivity contribution >= 4 is 63.3 Å². The lowest BCUT2D eigenvalue weighted by Crippen LogP contribution is -2.13. The van der Waals surface area contributed by atoms with Gasteiger partial charge in [0.05, 0.1) is 0 Å².